The summed E-state index contributed by atoms with van der Waals surface area (Å²) < 4.78 is 1.38. The van der Waals surface area contributed by atoms with Gasteiger partial charge in [0.05, 0.1) is 0 Å². The van der Waals surface area contributed by atoms with Crippen molar-refractivity contribution in [3.8, 4) is 5.75 Å². The van der Waals surface area contributed by atoms with Crippen molar-refractivity contribution in [1.29, 1.82) is 0 Å². The van der Waals surface area contributed by atoms with Gasteiger partial charge in [-0.3, -0.25) is 0 Å². The predicted molar refractivity (Wildman–Crippen MR) is 67.6 cm³/mol. The van der Waals surface area contributed by atoms with Crippen molar-refractivity contribution < 1.29 is 14.6 Å². The summed E-state index contributed by atoms with van der Waals surface area (Å²) in [6, 6.07) is 6.36. The number of hydrogen-bond acceptors (Lipinski definition) is 3. The molecule has 0 saturated carbocycles. The molecular formula is C13H17N2O3+. The smallest absolute Gasteiger partial charge is 0.508 e. The van der Waals surface area contributed by atoms with E-state index < -0.39 is 11.1 Å². The van der Waals surface area contributed by atoms with Crippen LogP contribution >= 0.6 is 0 Å². The molecule has 0 aromatic heterocycles. The van der Waals surface area contributed by atoms with E-state index in [0.717, 1.165) is 0 Å². The molecule has 96 valence electrons. The van der Waals surface area contributed by atoms with Gasteiger partial charge in [0.25, 0.3) is 5.54 Å². The van der Waals surface area contributed by atoms with Crippen LogP contribution in [0, 0.1) is 10.1 Å². The first-order valence-corrected chi connectivity index (χ1v) is 5.81. The second kappa shape index (κ2) is 3.54. The lowest BCUT2D eigenvalue weighted by Crippen LogP contribution is -2.50. The van der Waals surface area contributed by atoms with Crippen LogP contribution < -0.4 is 0 Å². The first-order chi connectivity index (χ1) is 8.21. The number of nitroso groups, excluding NO2 is 1. The molecule has 1 heterocycles. The monoisotopic (exact) mass is 249 g/mol. The van der Waals surface area contributed by atoms with Crippen LogP contribution in [0.3, 0.4) is 0 Å². The Morgan fingerprint density at radius 3 is 2.11 bits per heavy atom. The summed E-state index contributed by atoms with van der Waals surface area (Å²) in [5, 5.41) is 22.1. The molecule has 1 N–H and O–H groups in total. The van der Waals surface area contributed by atoms with Gasteiger partial charge < -0.3 is 10.3 Å². The summed E-state index contributed by atoms with van der Waals surface area (Å²) >= 11 is 0. The van der Waals surface area contributed by atoms with Crippen LogP contribution in [0.5, 0.6) is 5.75 Å². The maximum Gasteiger partial charge on any atom is 0.508 e. The summed E-state index contributed by atoms with van der Waals surface area (Å²) in [5.74, 6) is -0.106. The fraction of sp³-hybridized carbons (Fsp3) is 0.462. The van der Waals surface area contributed by atoms with Crippen molar-refractivity contribution in [2.75, 3.05) is 0 Å². The SMILES string of the molecule is CC1(C)[N+](=O)C(c2ccccc2O)=[N+]([O-])C1(C)C. The van der Waals surface area contributed by atoms with Gasteiger partial charge in [0.15, 0.2) is 5.56 Å². The largest absolute Gasteiger partial charge is 0.618 e. The maximum absolute atomic E-state index is 12.3. The van der Waals surface area contributed by atoms with Crippen molar-refractivity contribution in [3.63, 3.8) is 0 Å². The highest BCUT2D eigenvalue weighted by molar-refractivity contribution is 5.92. The lowest BCUT2D eigenvalue weighted by atomic mass is 9.84. The molecule has 0 aliphatic carbocycles. The molecule has 0 atom stereocenters. The van der Waals surface area contributed by atoms with E-state index in [0.29, 0.717) is 9.50 Å². The quantitative estimate of drug-likeness (QED) is 0.611. The van der Waals surface area contributed by atoms with Gasteiger partial charge in [0, 0.05) is 32.6 Å². The topological polar surface area (TPSA) is 66.4 Å². The first-order valence-electron chi connectivity index (χ1n) is 5.81. The zero-order valence-corrected chi connectivity index (χ0v) is 11.0. The van der Waals surface area contributed by atoms with E-state index in [1.165, 1.54) is 6.07 Å². The molecule has 0 bridgehead atoms. The number of aromatic hydroxyl groups is 1. The van der Waals surface area contributed by atoms with Crippen LogP contribution in [0.1, 0.15) is 33.3 Å². The number of phenols is 1. The van der Waals surface area contributed by atoms with Crippen LogP contribution in [0.2, 0.25) is 0 Å². The van der Waals surface area contributed by atoms with Gasteiger partial charge in [-0.15, -0.1) is 4.74 Å². The molecule has 1 aliphatic heterocycles. The average Bonchev–Trinajstić information content (AvgIpc) is 2.40. The van der Waals surface area contributed by atoms with Gasteiger partial charge in [-0.1, -0.05) is 12.1 Å². The number of nitrogens with zero attached hydrogens (tertiary/aromatic N) is 2. The Balaban J connectivity index is 2.70. The van der Waals surface area contributed by atoms with E-state index in [1.54, 1.807) is 45.9 Å². The van der Waals surface area contributed by atoms with Crippen molar-refractivity contribution in [1.82, 2.24) is 0 Å². The highest BCUT2D eigenvalue weighted by Crippen LogP contribution is 2.36. The zero-order valence-electron chi connectivity index (χ0n) is 11.0. The Bertz CT molecular complexity index is 559. The maximum atomic E-state index is 12.3. The number of amidine groups is 1. The number of hydroxylamine groups is 1. The zero-order chi connectivity index (χ0) is 13.7. The van der Waals surface area contributed by atoms with Crippen LogP contribution in [0.25, 0.3) is 0 Å². The molecule has 0 saturated heterocycles. The Morgan fingerprint density at radius 1 is 1.11 bits per heavy atom. The summed E-state index contributed by atoms with van der Waals surface area (Å²) in [5.41, 5.74) is -1.47. The number of hydrogen-bond donors (Lipinski definition) is 1. The van der Waals surface area contributed by atoms with Gasteiger partial charge in [-0.2, -0.15) is 0 Å². The van der Waals surface area contributed by atoms with Crippen LogP contribution in [0.4, 0.5) is 0 Å². The fourth-order valence-electron chi connectivity index (χ4n) is 1.99. The summed E-state index contributed by atoms with van der Waals surface area (Å²) in [6.45, 7) is 6.88. The van der Waals surface area contributed by atoms with Crippen LogP contribution in [0.15, 0.2) is 24.3 Å². The first kappa shape index (κ1) is 12.5. The Hall–Kier alpha value is -1.91. The van der Waals surface area contributed by atoms with E-state index in [-0.39, 0.29) is 17.1 Å². The second-order valence-corrected chi connectivity index (χ2v) is 5.55. The number of para-hydroxylation sites is 1. The molecule has 0 amide bonds. The lowest BCUT2D eigenvalue weighted by Gasteiger charge is -2.22. The number of phenolic OH excluding ortho intramolecular Hbond substituents is 1. The van der Waals surface area contributed by atoms with Crippen LogP contribution in [-0.4, -0.2) is 31.5 Å². The van der Waals surface area contributed by atoms with Gasteiger partial charge >= 0.3 is 5.84 Å². The summed E-state index contributed by atoms with van der Waals surface area (Å²) in [6.07, 6.45) is 0. The van der Waals surface area contributed by atoms with Gasteiger partial charge in [0.1, 0.15) is 10.5 Å². The normalized spacial score (nSPS) is 21.4. The molecule has 18 heavy (non-hydrogen) atoms. The van der Waals surface area contributed by atoms with Crippen molar-refractivity contribution in [2.24, 2.45) is 0 Å². The molecule has 1 aromatic rings. The molecule has 0 fully saturated rings. The molecule has 5 nitrogen and oxygen atoms in total. The molecule has 0 spiro atoms. The second-order valence-electron chi connectivity index (χ2n) is 5.55. The molecule has 2 rings (SSSR count). The number of benzene rings is 1. The highest BCUT2D eigenvalue weighted by atomic mass is 16.5. The van der Waals surface area contributed by atoms with Gasteiger partial charge in [-0.25, -0.2) is 0 Å². The highest BCUT2D eigenvalue weighted by Gasteiger charge is 2.68. The minimum atomic E-state index is -0.869. The Kier molecular flexibility index (Phi) is 2.47. The molecule has 0 unspecified atom stereocenters. The number of rotatable bonds is 1. The summed E-state index contributed by atoms with van der Waals surface area (Å²) in [4.78, 5) is 12.3. The summed E-state index contributed by atoms with van der Waals surface area (Å²) in [7, 11) is 0. The van der Waals surface area contributed by atoms with Gasteiger partial charge in [0.2, 0.25) is 5.54 Å². The Morgan fingerprint density at radius 2 is 1.67 bits per heavy atom. The van der Waals surface area contributed by atoms with E-state index in [2.05, 4.69) is 0 Å². The molecule has 1 aliphatic rings. The third-order valence-electron chi connectivity index (χ3n) is 4.04. The van der Waals surface area contributed by atoms with Crippen molar-refractivity contribution >= 4 is 5.84 Å². The third kappa shape index (κ3) is 1.36. The Labute approximate surface area is 106 Å². The van der Waals surface area contributed by atoms with E-state index >= 15 is 0 Å². The van der Waals surface area contributed by atoms with Crippen LogP contribution in [-0.2, 0) is 0 Å². The fourth-order valence-corrected chi connectivity index (χ4v) is 1.99. The minimum Gasteiger partial charge on any atom is -0.618 e. The lowest BCUT2D eigenvalue weighted by molar-refractivity contribution is -0.555. The van der Waals surface area contributed by atoms with Crippen molar-refractivity contribution in [3.05, 3.63) is 39.9 Å². The molecule has 0 radical (unpaired) electrons. The average molecular weight is 249 g/mol. The van der Waals surface area contributed by atoms with E-state index in [9.17, 15) is 15.2 Å². The molecular weight excluding hydrogens is 232 g/mol. The predicted octanol–water partition coefficient (Wildman–Crippen LogP) is 2.00. The molecule has 1 aromatic carbocycles. The van der Waals surface area contributed by atoms with Gasteiger partial charge in [-0.05, 0) is 12.1 Å². The molecule has 5 heteroatoms. The van der Waals surface area contributed by atoms with E-state index in [4.69, 9.17) is 0 Å². The minimum absolute atomic E-state index is 0.0388. The van der Waals surface area contributed by atoms with E-state index in [1.807, 2.05) is 0 Å². The third-order valence-corrected chi connectivity index (χ3v) is 4.04. The standard InChI is InChI=1S/C13H16N2O3/c1-12(2)13(3,4)15(18)11(14(12)17)9-7-5-6-8-10(9)16/h5-8H,1-4H3/p+1. The van der Waals surface area contributed by atoms with Crippen molar-refractivity contribution in [2.45, 2.75) is 38.8 Å².